The molecule has 1 saturated heterocycles. The Morgan fingerprint density at radius 2 is 2.22 bits per heavy atom. The van der Waals surface area contributed by atoms with Crippen LogP contribution in [0.3, 0.4) is 0 Å². The number of nitrogens with two attached hydrogens (primary N) is 1. The van der Waals surface area contributed by atoms with Gasteiger partial charge in [0.15, 0.2) is 0 Å². The van der Waals surface area contributed by atoms with Crippen LogP contribution in [0.1, 0.15) is 12.6 Å². The van der Waals surface area contributed by atoms with Gasteiger partial charge in [0, 0.05) is 25.1 Å². The van der Waals surface area contributed by atoms with Crippen molar-refractivity contribution in [3.63, 3.8) is 0 Å². The third kappa shape index (κ3) is 2.81. The first-order valence-corrected chi connectivity index (χ1v) is 5.37. The van der Waals surface area contributed by atoms with Crippen molar-refractivity contribution >= 4 is 18.2 Å². The summed E-state index contributed by atoms with van der Waals surface area (Å²) in [4.78, 5) is 15.2. The van der Waals surface area contributed by atoms with Crippen LogP contribution in [0.15, 0.2) is 17.1 Å². The van der Waals surface area contributed by atoms with Crippen LogP contribution in [0.4, 0.5) is 5.82 Å². The van der Waals surface area contributed by atoms with Gasteiger partial charge < -0.3 is 20.7 Å². The van der Waals surface area contributed by atoms with Crippen molar-refractivity contribution in [1.29, 1.82) is 0 Å². The van der Waals surface area contributed by atoms with Gasteiger partial charge in [-0.05, 0) is 6.07 Å². The first-order valence-electron chi connectivity index (χ1n) is 5.37. The van der Waals surface area contributed by atoms with Gasteiger partial charge in [0.25, 0.3) is 0 Å². The Bertz CT molecular complexity index is 441. The largest absolute Gasteiger partial charge is 0.396 e. The molecule has 3 atom stereocenters. The lowest BCUT2D eigenvalue weighted by Gasteiger charge is -2.14. The number of nitrogens with zero attached hydrogens (tertiary/aromatic N) is 2. The maximum Gasteiger partial charge on any atom is 0.351 e. The van der Waals surface area contributed by atoms with Crippen molar-refractivity contribution in [1.82, 2.24) is 9.55 Å². The number of rotatable bonds is 3. The fraction of sp³-hybridized carbons (Fsp3) is 0.600. The molecule has 1 aromatic rings. The molecule has 4 N–H and O–H groups in total. The average molecular weight is 278 g/mol. The van der Waals surface area contributed by atoms with Crippen molar-refractivity contribution in [3.05, 3.63) is 22.7 Å². The minimum absolute atomic E-state index is 0. The second kappa shape index (κ2) is 6.14. The minimum Gasteiger partial charge on any atom is -0.396 e. The van der Waals surface area contributed by atoms with Crippen LogP contribution >= 0.6 is 12.4 Å². The number of anilines is 1. The number of hydrogen-bond donors (Lipinski definition) is 3. The van der Waals surface area contributed by atoms with Crippen LogP contribution in [0.2, 0.25) is 0 Å². The first-order chi connectivity index (χ1) is 8.15. The highest BCUT2D eigenvalue weighted by Crippen LogP contribution is 2.31. The van der Waals surface area contributed by atoms with Crippen LogP contribution < -0.4 is 11.4 Å². The normalized spacial score (nSPS) is 26.9. The Balaban J connectivity index is 0.00000162. The lowest BCUT2D eigenvalue weighted by Crippen LogP contribution is -2.27. The predicted molar refractivity (Wildman–Crippen MR) is 66.3 cm³/mol. The monoisotopic (exact) mass is 277 g/mol. The van der Waals surface area contributed by atoms with E-state index < -0.39 is 18.0 Å². The molecule has 18 heavy (non-hydrogen) atoms. The van der Waals surface area contributed by atoms with E-state index >= 15 is 0 Å². The van der Waals surface area contributed by atoms with Gasteiger partial charge in [-0.15, -0.1) is 12.4 Å². The Kier molecular flexibility index (Phi) is 5.09. The lowest BCUT2D eigenvalue weighted by molar-refractivity contribution is -0.0365. The highest BCUT2D eigenvalue weighted by molar-refractivity contribution is 5.85. The summed E-state index contributed by atoms with van der Waals surface area (Å²) in [6.07, 6.45) is 1.01. The van der Waals surface area contributed by atoms with Crippen molar-refractivity contribution in [2.24, 2.45) is 5.92 Å². The van der Waals surface area contributed by atoms with Crippen LogP contribution in [-0.4, -0.2) is 39.1 Å². The van der Waals surface area contributed by atoms with E-state index in [4.69, 9.17) is 20.7 Å². The molecule has 102 valence electrons. The van der Waals surface area contributed by atoms with Crippen LogP contribution in [0.5, 0.6) is 0 Å². The smallest absolute Gasteiger partial charge is 0.351 e. The van der Waals surface area contributed by atoms with E-state index in [-0.39, 0.29) is 37.4 Å². The van der Waals surface area contributed by atoms with E-state index in [0.29, 0.717) is 6.42 Å². The third-order valence-corrected chi connectivity index (χ3v) is 2.94. The second-order valence-electron chi connectivity index (χ2n) is 4.03. The molecule has 0 aromatic carbocycles. The van der Waals surface area contributed by atoms with Crippen molar-refractivity contribution in [3.8, 4) is 0 Å². The fourth-order valence-corrected chi connectivity index (χ4v) is 1.99. The van der Waals surface area contributed by atoms with Gasteiger partial charge in [-0.3, -0.25) is 4.57 Å². The summed E-state index contributed by atoms with van der Waals surface area (Å²) in [5, 5.41) is 18.2. The summed E-state index contributed by atoms with van der Waals surface area (Å²) in [7, 11) is 0. The SMILES string of the molecule is Cl.Nc1ccn([C@H]2C[C@H](CO)[C@@H](CO)O2)c(=O)n1. The summed E-state index contributed by atoms with van der Waals surface area (Å²) >= 11 is 0. The molecule has 2 heterocycles. The standard InChI is InChI=1S/C10H15N3O4.ClH/c11-8-1-2-13(10(16)12-8)9-3-6(4-14)7(5-15)17-9;/h1-2,6-7,9,14-15H,3-5H2,(H2,11,12,16);1H/t6-,7-,9-;/m1./s1. The van der Waals surface area contributed by atoms with Gasteiger partial charge >= 0.3 is 5.69 Å². The number of nitrogen functional groups attached to an aromatic ring is 1. The molecule has 0 aliphatic carbocycles. The van der Waals surface area contributed by atoms with Gasteiger partial charge in [-0.2, -0.15) is 4.98 Å². The molecule has 1 aliphatic heterocycles. The molecule has 0 unspecified atom stereocenters. The van der Waals surface area contributed by atoms with Gasteiger partial charge in [-0.1, -0.05) is 0 Å². The van der Waals surface area contributed by atoms with Gasteiger partial charge in [0.2, 0.25) is 0 Å². The summed E-state index contributed by atoms with van der Waals surface area (Å²) in [6.45, 7) is -0.266. The summed E-state index contributed by atoms with van der Waals surface area (Å²) in [6, 6.07) is 1.50. The zero-order valence-corrected chi connectivity index (χ0v) is 10.4. The van der Waals surface area contributed by atoms with E-state index in [1.807, 2.05) is 0 Å². The second-order valence-corrected chi connectivity index (χ2v) is 4.03. The molecule has 2 rings (SSSR count). The zero-order valence-electron chi connectivity index (χ0n) is 9.60. The molecule has 0 spiro atoms. The maximum absolute atomic E-state index is 11.6. The van der Waals surface area contributed by atoms with Gasteiger partial charge in [0.1, 0.15) is 12.0 Å². The fourth-order valence-electron chi connectivity index (χ4n) is 1.99. The lowest BCUT2D eigenvalue weighted by atomic mass is 10.0. The number of halogens is 1. The van der Waals surface area contributed by atoms with E-state index in [0.717, 1.165) is 0 Å². The van der Waals surface area contributed by atoms with Gasteiger partial charge in [-0.25, -0.2) is 4.79 Å². The Labute approximate surface area is 110 Å². The summed E-state index contributed by atoms with van der Waals surface area (Å²) in [5.41, 5.74) is 4.89. The summed E-state index contributed by atoms with van der Waals surface area (Å²) < 4.78 is 6.81. The van der Waals surface area contributed by atoms with Crippen LogP contribution in [0.25, 0.3) is 0 Å². The Hall–Kier alpha value is -1.15. The van der Waals surface area contributed by atoms with Crippen LogP contribution in [-0.2, 0) is 4.74 Å². The molecule has 1 aromatic heterocycles. The van der Waals surface area contributed by atoms with E-state index in [1.54, 1.807) is 0 Å². The minimum atomic E-state index is -0.509. The molecular weight excluding hydrogens is 262 g/mol. The third-order valence-electron chi connectivity index (χ3n) is 2.94. The van der Waals surface area contributed by atoms with Crippen LogP contribution in [0, 0.1) is 5.92 Å². The van der Waals surface area contributed by atoms with Gasteiger partial charge in [0.05, 0.1) is 12.7 Å². The maximum atomic E-state index is 11.6. The zero-order chi connectivity index (χ0) is 12.4. The number of ether oxygens (including phenoxy) is 1. The quantitative estimate of drug-likeness (QED) is 0.663. The molecule has 8 heteroatoms. The predicted octanol–water partition coefficient (Wildman–Crippen LogP) is -0.864. The number of aromatic nitrogens is 2. The number of aliphatic hydroxyl groups is 2. The van der Waals surface area contributed by atoms with E-state index in [9.17, 15) is 4.79 Å². The van der Waals surface area contributed by atoms with E-state index in [2.05, 4.69) is 4.98 Å². The average Bonchev–Trinajstić information content (AvgIpc) is 2.72. The summed E-state index contributed by atoms with van der Waals surface area (Å²) in [5.74, 6) is -0.0175. The molecule has 0 amide bonds. The highest BCUT2D eigenvalue weighted by atomic mass is 35.5. The van der Waals surface area contributed by atoms with E-state index in [1.165, 1.54) is 16.8 Å². The Morgan fingerprint density at radius 1 is 1.50 bits per heavy atom. The molecule has 7 nitrogen and oxygen atoms in total. The molecule has 0 saturated carbocycles. The molecule has 0 radical (unpaired) electrons. The molecule has 1 aliphatic rings. The topological polar surface area (TPSA) is 111 Å². The highest BCUT2D eigenvalue weighted by Gasteiger charge is 2.35. The van der Waals surface area contributed by atoms with Crippen molar-refractivity contribution in [2.45, 2.75) is 18.8 Å². The number of aliphatic hydroxyl groups excluding tert-OH is 2. The van der Waals surface area contributed by atoms with Crippen molar-refractivity contribution < 1.29 is 14.9 Å². The molecule has 1 fully saturated rings. The first kappa shape index (κ1) is 14.9. The molecule has 0 bridgehead atoms. The van der Waals surface area contributed by atoms with Crippen molar-refractivity contribution in [2.75, 3.05) is 18.9 Å². The Morgan fingerprint density at radius 3 is 2.72 bits per heavy atom. The number of hydrogen-bond acceptors (Lipinski definition) is 6. The molecular formula is C10H16ClN3O4.